The Hall–Kier alpha value is -1.35. The summed E-state index contributed by atoms with van der Waals surface area (Å²) in [6.45, 7) is 1.46. The quantitative estimate of drug-likeness (QED) is 0.785. The molecule has 1 atom stereocenters. The van der Waals surface area contributed by atoms with Gasteiger partial charge in [-0.1, -0.05) is 0 Å². The normalized spacial score (nSPS) is 23.5. The van der Waals surface area contributed by atoms with Crippen LogP contribution in [-0.4, -0.2) is 25.1 Å². The molecule has 3 rings (SSSR count). The summed E-state index contributed by atoms with van der Waals surface area (Å²) >= 11 is 0. The lowest BCUT2D eigenvalue weighted by Crippen LogP contribution is -2.16. The van der Waals surface area contributed by atoms with Crippen molar-refractivity contribution in [2.24, 2.45) is 0 Å². The molecule has 90 valence electrons. The predicted octanol–water partition coefficient (Wildman–Crippen LogP) is 2.37. The number of hydrogen-bond donors (Lipinski definition) is 0. The molecule has 1 saturated heterocycles. The molecule has 0 N–H and O–H groups in total. The van der Waals surface area contributed by atoms with Crippen molar-refractivity contribution in [3.63, 3.8) is 0 Å². The van der Waals surface area contributed by atoms with E-state index >= 15 is 0 Å². The Kier molecular flexibility index (Phi) is 2.85. The SMILES string of the molecule is O=C1CCCc2cc(OC3CCOC3)ccc21. The number of fused-ring (bicyclic) bond motifs is 1. The number of rotatable bonds is 2. The largest absolute Gasteiger partial charge is 0.488 e. The van der Waals surface area contributed by atoms with Gasteiger partial charge in [-0.3, -0.25) is 4.79 Å². The van der Waals surface area contributed by atoms with E-state index in [4.69, 9.17) is 9.47 Å². The first-order valence-corrected chi connectivity index (χ1v) is 6.23. The molecule has 3 heteroatoms. The zero-order chi connectivity index (χ0) is 11.7. The molecular weight excluding hydrogens is 216 g/mol. The molecule has 1 heterocycles. The number of benzene rings is 1. The van der Waals surface area contributed by atoms with Gasteiger partial charge in [-0.15, -0.1) is 0 Å². The minimum absolute atomic E-state index is 0.173. The molecule has 0 radical (unpaired) electrons. The summed E-state index contributed by atoms with van der Waals surface area (Å²) in [5, 5.41) is 0. The van der Waals surface area contributed by atoms with E-state index in [0.717, 1.165) is 42.7 Å². The number of carbonyl (C=O) groups is 1. The molecule has 3 nitrogen and oxygen atoms in total. The third-order valence-corrected chi connectivity index (χ3v) is 3.42. The van der Waals surface area contributed by atoms with Crippen LogP contribution in [0, 0.1) is 0 Å². The Labute approximate surface area is 101 Å². The molecule has 1 aliphatic heterocycles. The average molecular weight is 232 g/mol. The highest BCUT2D eigenvalue weighted by atomic mass is 16.5. The van der Waals surface area contributed by atoms with E-state index in [-0.39, 0.29) is 11.9 Å². The van der Waals surface area contributed by atoms with Crippen LogP contribution in [0.15, 0.2) is 18.2 Å². The van der Waals surface area contributed by atoms with Crippen molar-refractivity contribution >= 4 is 5.78 Å². The summed E-state index contributed by atoms with van der Waals surface area (Å²) < 4.78 is 11.1. The number of carbonyl (C=O) groups excluding carboxylic acids is 1. The maximum atomic E-state index is 11.7. The van der Waals surface area contributed by atoms with Crippen molar-refractivity contribution in [3.8, 4) is 5.75 Å². The first-order valence-electron chi connectivity index (χ1n) is 6.23. The average Bonchev–Trinajstić information content (AvgIpc) is 2.82. The minimum atomic E-state index is 0.173. The van der Waals surface area contributed by atoms with E-state index in [1.54, 1.807) is 0 Å². The third kappa shape index (κ3) is 2.20. The van der Waals surface area contributed by atoms with Crippen LogP contribution < -0.4 is 4.74 Å². The van der Waals surface area contributed by atoms with Crippen LogP contribution in [0.1, 0.15) is 35.2 Å². The molecule has 2 aliphatic rings. The van der Waals surface area contributed by atoms with Gasteiger partial charge in [0.05, 0.1) is 13.2 Å². The van der Waals surface area contributed by atoms with E-state index in [0.29, 0.717) is 13.0 Å². The maximum Gasteiger partial charge on any atom is 0.163 e. The second-order valence-electron chi connectivity index (χ2n) is 4.70. The van der Waals surface area contributed by atoms with E-state index < -0.39 is 0 Å². The molecular formula is C14H16O3. The van der Waals surface area contributed by atoms with Crippen molar-refractivity contribution < 1.29 is 14.3 Å². The predicted molar refractivity (Wildman–Crippen MR) is 63.6 cm³/mol. The smallest absolute Gasteiger partial charge is 0.163 e. The molecule has 0 spiro atoms. The summed E-state index contributed by atoms with van der Waals surface area (Å²) in [5.74, 6) is 1.14. The van der Waals surface area contributed by atoms with Crippen molar-refractivity contribution in [1.82, 2.24) is 0 Å². The molecule has 1 aromatic rings. The van der Waals surface area contributed by atoms with E-state index in [1.807, 2.05) is 18.2 Å². The van der Waals surface area contributed by atoms with Crippen LogP contribution in [0.5, 0.6) is 5.75 Å². The summed E-state index contributed by atoms with van der Waals surface area (Å²) in [7, 11) is 0. The van der Waals surface area contributed by atoms with Gasteiger partial charge in [0.15, 0.2) is 5.78 Å². The summed E-state index contributed by atoms with van der Waals surface area (Å²) in [6.07, 6.45) is 3.76. The molecule has 1 aliphatic carbocycles. The number of ether oxygens (including phenoxy) is 2. The highest BCUT2D eigenvalue weighted by Gasteiger charge is 2.20. The minimum Gasteiger partial charge on any atom is -0.488 e. The lowest BCUT2D eigenvalue weighted by atomic mass is 9.90. The van der Waals surface area contributed by atoms with Crippen LogP contribution in [0.4, 0.5) is 0 Å². The lowest BCUT2D eigenvalue weighted by Gasteiger charge is -2.17. The van der Waals surface area contributed by atoms with Crippen LogP contribution in [0.25, 0.3) is 0 Å². The van der Waals surface area contributed by atoms with Gasteiger partial charge in [-0.05, 0) is 36.6 Å². The topological polar surface area (TPSA) is 35.5 Å². The van der Waals surface area contributed by atoms with Crippen molar-refractivity contribution in [3.05, 3.63) is 29.3 Å². The fraction of sp³-hybridized carbons (Fsp3) is 0.500. The Morgan fingerprint density at radius 2 is 2.24 bits per heavy atom. The van der Waals surface area contributed by atoms with Crippen LogP contribution in [0.3, 0.4) is 0 Å². The van der Waals surface area contributed by atoms with Gasteiger partial charge < -0.3 is 9.47 Å². The zero-order valence-corrected chi connectivity index (χ0v) is 9.78. The van der Waals surface area contributed by atoms with Gasteiger partial charge in [0, 0.05) is 18.4 Å². The zero-order valence-electron chi connectivity index (χ0n) is 9.78. The first kappa shape index (κ1) is 10.8. The number of ketones is 1. The second kappa shape index (κ2) is 4.49. The molecule has 1 aromatic carbocycles. The Morgan fingerprint density at radius 3 is 3.06 bits per heavy atom. The van der Waals surface area contributed by atoms with Gasteiger partial charge in [0.25, 0.3) is 0 Å². The Morgan fingerprint density at radius 1 is 1.29 bits per heavy atom. The molecule has 0 bridgehead atoms. The summed E-state index contributed by atoms with van der Waals surface area (Å²) in [4.78, 5) is 11.7. The van der Waals surface area contributed by atoms with Crippen LogP contribution in [0.2, 0.25) is 0 Å². The van der Waals surface area contributed by atoms with Crippen LogP contribution in [-0.2, 0) is 11.2 Å². The Balaban J connectivity index is 1.80. The second-order valence-corrected chi connectivity index (χ2v) is 4.70. The van der Waals surface area contributed by atoms with Crippen molar-refractivity contribution in [2.45, 2.75) is 31.8 Å². The van der Waals surface area contributed by atoms with Gasteiger partial charge in [-0.2, -0.15) is 0 Å². The summed E-state index contributed by atoms with van der Waals surface area (Å²) in [5.41, 5.74) is 2.02. The molecule has 0 saturated carbocycles. The third-order valence-electron chi connectivity index (χ3n) is 3.42. The number of aryl methyl sites for hydroxylation is 1. The van der Waals surface area contributed by atoms with E-state index in [9.17, 15) is 4.79 Å². The highest BCUT2D eigenvalue weighted by molar-refractivity contribution is 5.98. The van der Waals surface area contributed by atoms with E-state index in [2.05, 4.69) is 0 Å². The molecule has 1 fully saturated rings. The maximum absolute atomic E-state index is 11.7. The van der Waals surface area contributed by atoms with Crippen LogP contribution >= 0.6 is 0 Å². The fourth-order valence-electron chi connectivity index (χ4n) is 2.49. The van der Waals surface area contributed by atoms with Gasteiger partial charge >= 0.3 is 0 Å². The fourth-order valence-corrected chi connectivity index (χ4v) is 2.49. The molecule has 0 amide bonds. The molecule has 17 heavy (non-hydrogen) atoms. The molecule has 0 aromatic heterocycles. The standard InChI is InChI=1S/C14H16O3/c15-14-3-1-2-10-8-11(4-5-13(10)14)17-12-6-7-16-9-12/h4-5,8,12H,1-3,6-7,9H2. The Bertz CT molecular complexity index is 433. The van der Waals surface area contributed by atoms with Gasteiger partial charge in [-0.25, -0.2) is 0 Å². The van der Waals surface area contributed by atoms with Gasteiger partial charge in [0.1, 0.15) is 11.9 Å². The number of hydrogen-bond acceptors (Lipinski definition) is 3. The highest BCUT2D eigenvalue weighted by Crippen LogP contribution is 2.26. The van der Waals surface area contributed by atoms with Crippen molar-refractivity contribution in [1.29, 1.82) is 0 Å². The molecule has 1 unspecified atom stereocenters. The van der Waals surface area contributed by atoms with E-state index in [1.165, 1.54) is 0 Å². The monoisotopic (exact) mass is 232 g/mol. The van der Waals surface area contributed by atoms with Crippen molar-refractivity contribution in [2.75, 3.05) is 13.2 Å². The summed E-state index contributed by atoms with van der Waals surface area (Å²) in [6, 6.07) is 5.83. The number of Topliss-reactive ketones (excluding diaryl/α,β-unsaturated/α-hetero) is 1. The lowest BCUT2D eigenvalue weighted by molar-refractivity contribution is 0.0972. The van der Waals surface area contributed by atoms with Gasteiger partial charge in [0.2, 0.25) is 0 Å². The first-order chi connectivity index (χ1) is 8.33.